The number of alkyl halides is 3. The van der Waals surface area contributed by atoms with Crippen LogP contribution in [-0.4, -0.2) is 88.8 Å². The molecule has 0 amide bonds. The first-order chi connectivity index (χ1) is 18.7. The van der Waals surface area contributed by atoms with Crippen molar-refractivity contribution >= 4 is 17.0 Å². The van der Waals surface area contributed by atoms with Gasteiger partial charge in [-0.3, -0.25) is 4.57 Å². The molecular weight excluding hydrogens is 523 g/mol. The largest absolute Gasteiger partial charge is 0.416 e. The molecule has 2 aliphatic rings. The van der Waals surface area contributed by atoms with E-state index in [1.807, 2.05) is 0 Å². The first-order valence-electron chi connectivity index (χ1n) is 12.2. The van der Waals surface area contributed by atoms with E-state index in [9.17, 15) is 28.5 Å². The molecule has 6 rings (SSSR count). The monoisotopic (exact) mass is 547 g/mol. The molecule has 12 nitrogen and oxygen atoms in total. The first kappa shape index (κ1) is 25.6. The molecule has 2 saturated heterocycles. The van der Waals surface area contributed by atoms with Crippen LogP contribution in [0.2, 0.25) is 0 Å². The average Bonchev–Trinajstić information content (AvgIpc) is 3.72. The first-order valence-corrected chi connectivity index (χ1v) is 12.2. The molecule has 15 heteroatoms. The third kappa shape index (κ3) is 4.72. The number of fused-ring (bicyclic) bond motifs is 1. The Morgan fingerprint density at radius 2 is 1.87 bits per heavy atom. The number of imidazole rings is 1. The summed E-state index contributed by atoms with van der Waals surface area (Å²) in [6, 6.07) is 4.69. The van der Waals surface area contributed by atoms with Gasteiger partial charge in [-0.25, -0.2) is 9.67 Å². The summed E-state index contributed by atoms with van der Waals surface area (Å²) in [5.41, 5.74) is 0.954. The van der Waals surface area contributed by atoms with Crippen molar-refractivity contribution < 1.29 is 38.0 Å². The lowest BCUT2D eigenvalue weighted by Crippen LogP contribution is -2.33. The topological polar surface area (TPSA) is 153 Å². The van der Waals surface area contributed by atoms with E-state index < -0.39 is 42.9 Å². The molecule has 2 aliphatic heterocycles. The molecule has 2 fully saturated rings. The predicted octanol–water partition coefficient (Wildman–Crippen LogP) is 1.51. The van der Waals surface area contributed by atoms with Gasteiger partial charge in [-0.1, -0.05) is 12.1 Å². The van der Waals surface area contributed by atoms with Gasteiger partial charge in [0.2, 0.25) is 0 Å². The standard InChI is InChI=1S/C24H24F3N7O5/c25-24(26,27)14-3-1-12(2-4-14)13-7-29-34(8-13)23-31-20(30-15-5-6-38-10-15)17-21(32-23)33(11-28-17)22-19(37)18(36)16(9-35)39-22/h1-4,7-8,11,15-16,18-19,22,35-37H,5-6,9-10H2,(H,30,31,32)/t15-,16-,18-,19-,22-/m1/s1. The molecule has 4 aromatic rings. The molecular formula is C24H24F3N7O5. The summed E-state index contributed by atoms with van der Waals surface area (Å²) in [7, 11) is 0. The van der Waals surface area contributed by atoms with Crippen molar-refractivity contribution in [2.75, 3.05) is 25.1 Å². The van der Waals surface area contributed by atoms with Crippen molar-refractivity contribution in [3.05, 3.63) is 48.5 Å². The summed E-state index contributed by atoms with van der Waals surface area (Å²) in [5, 5.41) is 37.9. The molecule has 4 N–H and O–H groups in total. The highest BCUT2D eigenvalue weighted by Gasteiger charge is 2.44. The van der Waals surface area contributed by atoms with Crippen LogP contribution in [0.4, 0.5) is 19.0 Å². The maximum absolute atomic E-state index is 13.0. The number of halogens is 3. The number of rotatable bonds is 6. The summed E-state index contributed by atoms with van der Waals surface area (Å²) in [5.74, 6) is 0.498. The SMILES string of the molecule is OC[C@H]1O[C@@H](n2cnc3c(N[C@@H]4CCOC4)nc(-n4cc(-c5ccc(C(F)(F)F)cc5)cn4)nc32)[C@H](O)[C@@H]1O. The van der Waals surface area contributed by atoms with Crippen LogP contribution in [0.1, 0.15) is 18.2 Å². The Labute approximate surface area is 218 Å². The van der Waals surface area contributed by atoms with Gasteiger partial charge in [0.25, 0.3) is 5.95 Å². The highest BCUT2D eigenvalue weighted by molar-refractivity contribution is 5.84. The van der Waals surface area contributed by atoms with Gasteiger partial charge in [0.1, 0.15) is 18.3 Å². The highest BCUT2D eigenvalue weighted by atomic mass is 19.4. The van der Waals surface area contributed by atoms with Crippen LogP contribution < -0.4 is 5.32 Å². The highest BCUT2D eigenvalue weighted by Crippen LogP contribution is 2.34. The van der Waals surface area contributed by atoms with Gasteiger partial charge < -0.3 is 30.1 Å². The fraction of sp³-hybridized carbons (Fsp3) is 0.417. The minimum atomic E-state index is -4.44. The number of hydrogen-bond acceptors (Lipinski definition) is 10. The predicted molar refractivity (Wildman–Crippen MR) is 129 cm³/mol. The fourth-order valence-corrected chi connectivity index (χ4v) is 4.68. The van der Waals surface area contributed by atoms with Crippen molar-refractivity contribution in [1.29, 1.82) is 0 Å². The van der Waals surface area contributed by atoms with Gasteiger partial charge in [-0.05, 0) is 24.1 Å². The maximum atomic E-state index is 13.0. The summed E-state index contributed by atoms with van der Waals surface area (Å²) >= 11 is 0. The van der Waals surface area contributed by atoms with E-state index in [2.05, 4.69) is 25.4 Å². The van der Waals surface area contributed by atoms with E-state index in [1.165, 1.54) is 33.9 Å². The van der Waals surface area contributed by atoms with Crippen LogP contribution in [0.5, 0.6) is 0 Å². The van der Waals surface area contributed by atoms with E-state index in [1.54, 1.807) is 6.20 Å². The van der Waals surface area contributed by atoms with E-state index in [-0.39, 0.29) is 17.6 Å². The maximum Gasteiger partial charge on any atom is 0.416 e. The van der Waals surface area contributed by atoms with Crippen molar-refractivity contribution in [2.24, 2.45) is 0 Å². The normalized spacial score (nSPS) is 25.5. The minimum Gasteiger partial charge on any atom is -0.394 e. The van der Waals surface area contributed by atoms with Gasteiger partial charge in [0.15, 0.2) is 23.2 Å². The number of hydrogen-bond donors (Lipinski definition) is 4. The molecule has 1 aromatic carbocycles. The molecule has 5 atom stereocenters. The molecule has 206 valence electrons. The molecule has 0 aliphatic carbocycles. The minimum absolute atomic E-state index is 0.0321. The Hall–Kier alpha value is -3.63. The Morgan fingerprint density at radius 3 is 2.54 bits per heavy atom. The van der Waals surface area contributed by atoms with Crippen molar-refractivity contribution in [3.8, 4) is 17.1 Å². The summed E-state index contributed by atoms with van der Waals surface area (Å²) in [4.78, 5) is 13.6. The summed E-state index contributed by atoms with van der Waals surface area (Å²) in [6.07, 6.45) is -3.96. The van der Waals surface area contributed by atoms with Gasteiger partial charge in [-0.15, -0.1) is 0 Å². The van der Waals surface area contributed by atoms with Crippen LogP contribution in [-0.2, 0) is 15.7 Å². The van der Waals surface area contributed by atoms with E-state index in [4.69, 9.17) is 9.47 Å². The molecule has 0 bridgehead atoms. The zero-order valence-corrected chi connectivity index (χ0v) is 20.2. The number of ether oxygens (including phenoxy) is 2. The molecule has 3 aromatic heterocycles. The Kier molecular flexibility index (Phi) is 6.47. The average molecular weight is 547 g/mol. The van der Waals surface area contributed by atoms with Crippen LogP contribution >= 0.6 is 0 Å². The van der Waals surface area contributed by atoms with Crippen LogP contribution in [0.25, 0.3) is 28.2 Å². The third-order valence-electron chi connectivity index (χ3n) is 6.80. The van der Waals surface area contributed by atoms with Crippen molar-refractivity contribution in [1.82, 2.24) is 29.3 Å². The quantitative estimate of drug-likeness (QED) is 0.280. The fourth-order valence-electron chi connectivity index (χ4n) is 4.68. The number of aliphatic hydroxyl groups is 3. The second kappa shape index (κ2) is 9.84. The smallest absolute Gasteiger partial charge is 0.394 e. The number of aliphatic hydroxyl groups excluding tert-OH is 3. The molecule has 5 heterocycles. The van der Waals surface area contributed by atoms with Crippen LogP contribution in [0.15, 0.2) is 43.0 Å². The van der Waals surface area contributed by atoms with Gasteiger partial charge >= 0.3 is 6.18 Å². The molecule has 0 saturated carbocycles. The van der Waals surface area contributed by atoms with E-state index >= 15 is 0 Å². The number of aromatic nitrogens is 6. The lowest BCUT2D eigenvalue weighted by molar-refractivity contribution is -0.137. The zero-order chi connectivity index (χ0) is 27.3. The number of nitrogens with zero attached hydrogens (tertiary/aromatic N) is 6. The number of benzene rings is 1. The molecule has 39 heavy (non-hydrogen) atoms. The van der Waals surface area contributed by atoms with E-state index in [0.29, 0.717) is 35.7 Å². The molecule has 0 unspecified atom stereocenters. The molecule has 0 radical (unpaired) electrons. The van der Waals surface area contributed by atoms with Gasteiger partial charge in [0.05, 0.1) is 37.3 Å². The lowest BCUT2D eigenvalue weighted by Gasteiger charge is -2.17. The zero-order valence-electron chi connectivity index (χ0n) is 20.2. The Balaban J connectivity index is 1.39. The van der Waals surface area contributed by atoms with E-state index in [0.717, 1.165) is 18.6 Å². The van der Waals surface area contributed by atoms with Crippen LogP contribution in [0, 0.1) is 0 Å². The summed E-state index contributed by atoms with van der Waals surface area (Å²) < 4.78 is 52.8. The van der Waals surface area contributed by atoms with Crippen molar-refractivity contribution in [3.63, 3.8) is 0 Å². The van der Waals surface area contributed by atoms with Gasteiger partial charge in [-0.2, -0.15) is 28.2 Å². The second-order valence-electron chi connectivity index (χ2n) is 9.38. The van der Waals surface area contributed by atoms with Crippen molar-refractivity contribution in [2.45, 2.75) is 43.2 Å². The summed E-state index contributed by atoms with van der Waals surface area (Å²) in [6.45, 7) is 0.567. The number of anilines is 1. The number of nitrogens with one attached hydrogen (secondary N) is 1. The van der Waals surface area contributed by atoms with Crippen LogP contribution in [0.3, 0.4) is 0 Å². The Bertz CT molecular complexity index is 1470. The Morgan fingerprint density at radius 1 is 1.08 bits per heavy atom. The molecule has 0 spiro atoms. The van der Waals surface area contributed by atoms with Gasteiger partial charge in [0, 0.05) is 18.4 Å². The second-order valence-corrected chi connectivity index (χ2v) is 9.38. The third-order valence-corrected chi connectivity index (χ3v) is 6.80. The lowest BCUT2D eigenvalue weighted by atomic mass is 10.1.